The fourth-order valence-electron chi connectivity index (χ4n) is 2.41. The standard InChI is InChI=1S/C19H24FN3O3/c1-18(2,3)26-17(24)13-5-6-14(21-16(13)20)23-11-7-15(22-23)25-12-10-19(4)8-9-19/h5-7,11H,8-10,12H2,1-4H3. The van der Waals surface area contributed by atoms with Crippen LogP contribution in [0.25, 0.3) is 5.82 Å². The SMILES string of the molecule is CC1(CCOc2ccn(-c3ccc(C(=O)OC(C)(C)C)c(F)n3)n2)CC1. The van der Waals surface area contributed by atoms with E-state index in [2.05, 4.69) is 17.0 Å². The van der Waals surface area contributed by atoms with Crippen LogP contribution in [0.4, 0.5) is 4.39 Å². The Morgan fingerprint density at radius 2 is 2.04 bits per heavy atom. The van der Waals surface area contributed by atoms with Gasteiger partial charge in [-0.25, -0.2) is 9.48 Å². The lowest BCUT2D eigenvalue weighted by atomic mass is 10.1. The first-order valence-corrected chi connectivity index (χ1v) is 8.74. The second-order valence-electron chi connectivity index (χ2n) is 8.02. The number of ether oxygens (including phenoxy) is 2. The highest BCUT2D eigenvalue weighted by atomic mass is 19.1. The highest BCUT2D eigenvalue weighted by molar-refractivity contribution is 5.89. The molecular weight excluding hydrogens is 337 g/mol. The fraction of sp³-hybridized carbons (Fsp3) is 0.526. The Labute approximate surface area is 152 Å². The summed E-state index contributed by atoms with van der Waals surface area (Å²) in [6.07, 6.45) is 5.14. The van der Waals surface area contributed by atoms with Gasteiger partial charge in [-0.1, -0.05) is 6.92 Å². The van der Waals surface area contributed by atoms with Crippen molar-refractivity contribution in [2.45, 2.75) is 52.6 Å². The third-order valence-electron chi connectivity index (χ3n) is 4.31. The lowest BCUT2D eigenvalue weighted by molar-refractivity contribution is 0.00637. The van der Waals surface area contributed by atoms with E-state index in [1.807, 2.05) is 0 Å². The Morgan fingerprint density at radius 3 is 2.65 bits per heavy atom. The van der Waals surface area contributed by atoms with Crippen LogP contribution in [-0.4, -0.2) is 32.9 Å². The van der Waals surface area contributed by atoms with Gasteiger partial charge in [-0.05, 0) is 57.6 Å². The van der Waals surface area contributed by atoms with E-state index < -0.39 is 17.5 Å². The molecule has 2 aromatic rings. The van der Waals surface area contributed by atoms with E-state index in [9.17, 15) is 9.18 Å². The maximum atomic E-state index is 14.2. The molecule has 0 aliphatic heterocycles. The third kappa shape index (κ3) is 4.59. The average Bonchev–Trinajstić information content (AvgIpc) is 3.07. The molecule has 0 spiro atoms. The van der Waals surface area contributed by atoms with Gasteiger partial charge in [0.05, 0.1) is 6.61 Å². The van der Waals surface area contributed by atoms with Crippen molar-refractivity contribution in [2.75, 3.05) is 6.61 Å². The number of pyridine rings is 1. The minimum Gasteiger partial charge on any atom is -0.477 e. The number of halogens is 1. The van der Waals surface area contributed by atoms with E-state index in [-0.39, 0.29) is 11.4 Å². The topological polar surface area (TPSA) is 66.2 Å². The smallest absolute Gasteiger partial charge is 0.343 e. The molecular formula is C19H24FN3O3. The van der Waals surface area contributed by atoms with Gasteiger partial charge in [0.15, 0.2) is 5.82 Å². The van der Waals surface area contributed by atoms with Crippen LogP contribution in [-0.2, 0) is 4.74 Å². The van der Waals surface area contributed by atoms with Gasteiger partial charge >= 0.3 is 5.97 Å². The van der Waals surface area contributed by atoms with Crippen molar-refractivity contribution in [1.82, 2.24) is 14.8 Å². The van der Waals surface area contributed by atoms with Gasteiger partial charge in [-0.2, -0.15) is 9.37 Å². The highest BCUT2D eigenvalue weighted by Crippen LogP contribution is 2.47. The van der Waals surface area contributed by atoms with Gasteiger partial charge in [-0.15, -0.1) is 5.10 Å². The Bertz CT molecular complexity index is 807. The quantitative estimate of drug-likeness (QED) is 0.576. The number of carbonyl (C=O) groups is 1. The van der Waals surface area contributed by atoms with Crippen molar-refractivity contribution in [2.24, 2.45) is 5.41 Å². The molecule has 1 aliphatic rings. The molecule has 0 saturated heterocycles. The lowest BCUT2D eigenvalue weighted by Gasteiger charge is -2.19. The lowest BCUT2D eigenvalue weighted by Crippen LogP contribution is -2.24. The molecule has 2 aromatic heterocycles. The van der Waals surface area contributed by atoms with Crippen LogP contribution in [0.15, 0.2) is 24.4 Å². The van der Waals surface area contributed by atoms with Gasteiger partial charge in [0, 0.05) is 12.3 Å². The molecule has 3 rings (SSSR count). The molecule has 1 aliphatic carbocycles. The molecule has 0 bridgehead atoms. The minimum absolute atomic E-state index is 0.204. The summed E-state index contributed by atoms with van der Waals surface area (Å²) >= 11 is 0. The predicted octanol–water partition coefficient (Wildman–Crippen LogP) is 3.93. The first kappa shape index (κ1) is 18.4. The molecule has 0 unspecified atom stereocenters. The number of hydrogen-bond acceptors (Lipinski definition) is 5. The summed E-state index contributed by atoms with van der Waals surface area (Å²) < 4.78 is 26.5. The predicted molar refractivity (Wildman–Crippen MR) is 93.9 cm³/mol. The van der Waals surface area contributed by atoms with Crippen molar-refractivity contribution in [1.29, 1.82) is 0 Å². The second kappa shape index (κ2) is 6.70. The van der Waals surface area contributed by atoms with Crippen LogP contribution < -0.4 is 4.74 Å². The number of carbonyl (C=O) groups excluding carboxylic acids is 1. The van der Waals surface area contributed by atoms with Crippen molar-refractivity contribution in [3.05, 3.63) is 35.9 Å². The fourth-order valence-corrected chi connectivity index (χ4v) is 2.41. The number of esters is 1. The minimum atomic E-state index is -0.892. The average molecular weight is 361 g/mol. The maximum absolute atomic E-state index is 14.2. The van der Waals surface area contributed by atoms with Crippen LogP contribution in [0, 0.1) is 11.4 Å². The molecule has 7 heteroatoms. The summed E-state index contributed by atoms with van der Waals surface area (Å²) in [7, 11) is 0. The summed E-state index contributed by atoms with van der Waals surface area (Å²) in [4.78, 5) is 15.8. The molecule has 0 aromatic carbocycles. The van der Waals surface area contributed by atoms with Gasteiger partial charge in [0.1, 0.15) is 11.2 Å². The molecule has 0 amide bonds. The van der Waals surface area contributed by atoms with E-state index in [0.717, 1.165) is 6.42 Å². The molecule has 0 radical (unpaired) electrons. The Kier molecular flexibility index (Phi) is 4.73. The third-order valence-corrected chi connectivity index (χ3v) is 4.31. The van der Waals surface area contributed by atoms with E-state index in [1.54, 1.807) is 33.0 Å². The Balaban J connectivity index is 1.66. The van der Waals surface area contributed by atoms with E-state index in [0.29, 0.717) is 17.9 Å². The largest absolute Gasteiger partial charge is 0.477 e. The molecule has 0 atom stereocenters. The van der Waals surface area contributed by atoms with Gasteiger partial charge in [-0.3, -0.25) is 0 Å². The van der Waals surface area contributed by atoms with Gasteiger partial charge < -0.3 is 9.47 Å². The zero-order valence-corrected chi connectivity index (χ0v) is 15.6. The Hall–Kier alpha value is -2.44. The van der Waals surface area contributed by atoms with Crippen LogP contribution in [0.3, 0.4) is 0 Å². The summed E-state index contributed by atoms with van der Waals surface area (Å²) in [6.45, 7) is 8.01. The van der Waals surface area contributed by atoms with Gasteiger partial charge in [0.2, 0.25) is 11.8 Å². The van der Waals surface area contributed by atoms with Crippen molar-refractivity contribution >= 4 is 5.97 Å². The zero-order chi connectivity index (χ0) is 18.9. The maximum Gasteiger partial charge on any atom is 0.343 e. The first-order valence-electron chi connectivity index (χ1n) is 8.74. The second-order valence-corrected chi connectivity index (χ2v) is 8.02. The van der Waals surface area contributed by atoms with E-state index in [4.69, 9.17) is 9.47 Å². The summed E-state index contributed by atoms with van der Waals surface area (Å²) in [5, 5.41) is 4.24. The molecule has 1 fully saturated rings. The number of nitrogens with zero attached hydrogens (tertiary/aromatic N) is 3. The first-order chi connectivity index (χ1) is 12.2. The molecule has 1 saturated carbocycles. The molecule has 0 N–H and O–H groups in total. The summed E-state index contributed by atoms with van der Waals surface area (Å²) in [6, 6.07) is 4.57. The molecule has 6 nitrogen and oxygen atoms in total. The van der Waals surface area contributed by atoms with E-state index >= 15 is 0 Å². The van der Waals surface area contributed by atoms with Crippen molar-refractivity contribution < 1.29 is 18.7 Å². The number of rotatable bonds is 6. The van der Waals surface area contributed by atoms with Crippen LogP contribution in [0.1, 0.15) is 57.3 Å². The van der Waals surface area contributed by atoms with Crippen molar-refractivity contribution in [3.63, 3.8) is 0 Å². The molecule has 26 heavy (non-hydrogen) atoms. The Morgan fingerprint density at radius 1 is 1.31 bits per heavy atom. The van der Waals surface area contributed by atoms with E-state index in [1.165, 1.54) is 29.7 Å². The molecule has 140 valence electrons. The molecule has 2 heterocycles. The van der Waals surface area contributed by atoms with Crippen molar-refractivity contribution in [3.8, 4) is 11.7 Å². The van der Waals surface area contributed by atoms with Crippen LogP contribution in [0.5, 0.6) is 5.88 Å². The van der Waals surface area contributed by atoms with Crippen LogP contribution >= 0.6 is 0 Å². The zero-order valence-electron chi connectivity index (χ0n) is 15.6. The summed E-state index contributed by atoms with van der Waals surface area (Å²) in [5.41, 5.74) is -0.483. The number of hydrogen-bond donors (Lipinski definition) is 0. The monoisotopic (exact) mass is 361 g/mol. The van der Waals surface area contributed by atoms with Gasteiger partial charge in [0.25, 0.3) is 0 Å². The summed E-state index contributed by atoms with van der Waals surface area (Å²) in [5.74, 6) is -0.907. The normalized spacial score (nSPS) is 15.6. The highest BCUT2D eigenvalue weighted by Gasteiger charge is 2.36. The van der Waals surface area contributed by atoms with Crippen LogP contribution in [0.2, 0.25) is 0 Å². The number of aromatic nitrogens is 3.